The number of rotatable bonds is 4. The van der Waals surface area contributed by atoms with E-state index in [1.807, 2.05) is 22.6 Å². The second-order valence-electron chi connectivity index (χ2n) is 3.20. The third kappa shape index (κ3) is 4.95. The van der Waals surface area contributed by atoms with Crippen molar-refractivity contribution in [1.29, 1.82) is 0 Å². The van der Waals surface area contributed by atoms with Gasteiger partial charge in [-0.25, -0.2) is 8.42 Å². The summed E-state index contributed by atoms with van der Waals surface area (Å²) in [5, 5.41) is 0. The highest BCUT2D eigenvalue weighted by atomic mass is 127. The molecule has 5 nitrogen and oxygen atoms in total. The highest BCUT2D eigenvalue weighted by Crippen LogP contribution is 2.21. The predicted octanol–water partition coefficient (Wildman–Crippen LogP) is 1.64. The minimum atomic E-state index is -5.54. The largest absolute Gasteiger partial charge is 0.511 e. The summed E-state index contributed by atoms with van der Waals surface area (Å²) in [5.74, 6) is -1.04. The Kier molecular flexibility index (Phi) is 5.15. The van der Waals surface area contributed by atoms with E-state index in [4.69, 9.17) is 0 Å². The van der Waals surface area contributed by atoms with Crippen molar-refractivity contribution in [2.45, 2.75) is 5.51 Å². The number of nitrogens with one attached hydrogen (secondary N) is 1. The van der Waals surface area contributed by atoms with E-state index in [9.17, 15) is 26.4 Å². The van der Waals surface area contributed by atoms with Crippen LogP contribution in [-0.2, 0) is 14.8 Å². The normalized spacial score (nSPS) is 12.2. The lowest BCUT2D eigenvalue weighted by atomic mass is 10.3. The molecule has 19 heavy (non-hydrogen) atoms. The summed E-state index contributed by atoms with van der Waals surface area (Å²) in [7, 11) is -5.54. The van der Waals surface area contributed by atoms with Crippen molar-refractivity contribution in [3.8, 4) is 5.75 Å². The van der Waals surface area contributed by atoms with Gasteiger partial charge >= 0.3 is 21.5 Å². The lowest BCUT2D eigenvalue weighted by Gasteiger charge is -2.09. The number of hydrogen-bond donors (Lipinski definition) is 1. The number of esters is 1. The predicted molar refractivity (Wildman–Crippen MR) is 67.8 cm³/mol. The van der Waals surface area contributed by atoms with Crippen molar-refractivity contribution < 1.29 is 31.1 Å². The molecule has 1 rings (SSSR count). The molecule has 0 aromatic heterocycles. The van der Waals surface area contributed by atoms with Crippen LogP contribution in [0.25, 0.3) is 0 Å². The minimum Gasteiger partial charge on any atom is -0.426 e. The van der Waals surface area contributed by atoms with Crippen LogP contribution in [0.15, 0.2) is 24.3 Å². The first kappa shape index (κ1) is 16.2. The maximum absolute atomic E-state index is 12.0. The molecule has 1 aromatic carbocycles. The zero-order valence-electron chi connectivity index (χ0n) is 9.07. The number of hydrogen-bond acceptors (Lipinski definition) is 4. The first-order valence-corrected chi connectivity index (χ1v) is 7.20. The molecule has 0 bridgehead atoms. The average Bonchev–Trinajstić information content (AvgIpc) is 2.28. The quantitative estimate of drug-likeness (QED) is 0.467. The van der Waals surface area contributed by atoms with Gasteiger partial charge < -0.3 is 4.74 Å². The van der Waals surface area contributed by atoms with Crippen LogP contribution in [0.5, 0.6) is 5.75 Å². The van der Waals surface area contributed by atoms with Crippen molar-refractivity contribution in [2.75, 3.05) is 6.54 Å². The molecule has 0 aliphatic carbocycles. The summed E-state index contributed by atoms with van der Waals surface area (Å²) < 4.78 is 63.7. The Labute approximate surface area is 120 Å². The maximum atomic E-state index is 12.0. The van der Waals surface area contributed by atoms with Gasteiger partial charge in [0.15, 0.2) is 0 Å². The molecular formula is C9H7F3INO4S. The van der Waals surface area contributed by atoms with Crippen LogP contribution >= 0.6 is 22.6 Å². The highest BCUT2D eigenvalue weighted by molar-refractivity contribution is 14.1. The molecule has 0 amide bonds. The third-order valence-corrected chi connectivity index (χ3v) is 3.61. The fraction of sp³-hybridized carbons (Fsp3) is 0.222. The third-order valence-electron chi connectivity index (χ3n) is 1.76. The smallest absolute Gasteiger partial charge is 0.426 e. The summed E-state index contributed by atoms with van der Waals surface area (Å²) in [5.41, 5.74) is -5.46. The topological polar surface area (TPSA) is 72.5 Å². The van der Waals surface area contributed by atoms with Gasteiger partial charge in [0.05, 0.1) is 0 Å². The van der Waals surface area contributed by atoms with Crippen LogP contribution in [-0.4, -0.2) is 26.4 Å². The monoisotopic (exact) mass is 409 g/mol. The van der Waals surface area contributed by atoms with Crippen molar-refractivity contribution >= 4 is 38.6 Å². The van der Waals surface area contributed by atoms with Crippen molar-refractivity contribution in [2.24, 2.45) is 0 Å². The van der Waals surface area contributed by atoms with Crippen LogP contribution < -0.4 is 9.46 Å². The van der Waals surface area contributed by atoms with E-state index in [1.54, 1.807) is 12.1 Å². The fourth-order valence-electron chi connectivity index (χ4n) is 0.906. The Bertz CT molecular complexity index is 556. The highest BCUT2D eigenvalue weighted by Gasteiger charge is 2.45. The Morgan fingerprint density at radius 3 is 2.26 bits per heavy atom. The molecule has 0 saturated heterocycles. The molecule has 106 valence electrons. The van der Waals surface area contributed by atoms with Gasteiger partial charge in [0, 0.05) is 3.57 Å². The first-order chi connectivity index (χ1) is 8.62. The van der Waals surface area contributed by atoms with Gasteiger partial charge in [0.1, 0.15) is 12.3 Å². The number of carbonyl (C=O) groups excluding carboxylic acids is 1. The standard InChI is InChI=1S/C9H7F3INO4S/c10-9(11,12)19(16,17)14-5-8(15)18-7-3-1-6(13)2-4-7/h1-4,14H,5H2. The van der Waals surface area contributed by atoms with Gasteiger partial charge in [-0.15, -0.1) is 0 Å². The van der Waals surface area contributed by atoms with E-state index in [0.29, 0.717) is 0 Å². The Morgan fingerprint density at radius 1 is 1.26 bits per heavy atom. The molecule has 10 heteroatoms. The van der Waals surface area contributed by atoms with Gasteiger partial charge in [-0.2, -0.15) is 17.9 Å². The van der Waals surface area contributed by atoms with E-state index in [1.165, 1.54) is 12.1 Å². The van der Waals surface area contributed by atoms with Crippen molar-refractivity contribution in [3.05, 3.63) is 27.8 Å². The van der Waals surface area contributed by atoms with E-state index < -0.39 is 28.0 Å². The molecule has 0 radical (unpaired) electrons. The van der Waals surface area contributed by atoms with E-state index in [-0.39, 0.29) is 5.75 Å². The second-order valence-corrected chi connectivity index (χ2v) is 6.20. The van der Waals surface area contributed by atoms with Crippen molar-refractivity contribution in [1.82, 2.24) is 4.72 Å². The van der Waals surface area contributed by atoms with Crippen LogP contribution in [0.2, 0.25) is 0 Å². The second kappa shape index (κ2) is 6.05. The zero-order valence-corrected chi connectivity index (χ0v) is 12.0. The lowest BCUT2D eigenvalue weighted by molar-refractivity contribution is -0.133. The average molecular weight is 409 g/mol. The van der Waals surface area contributed by atoms with Gasteiger partial charge in [-0.05, 0) is 46.9 Å². The van der Waals surface area contributed by atoms with E-state index >= 15 is 0 Å². The van der Waals surface area contributed by atoms with Gasteiger partial charge in [0.2, 0.25) is 0 Å². The number of alkyl halides is 3. The molecule has 0 atom stereocenters. The van der Waals surface area contributed by atoms with E-state index in [0.717, 1.165) is 8.29 Å². The molecular weight excluding hydrogens is 402 g/mol. The summed E-state index contributed by atoms with van der Waals surface area (Å²) in [6.45, 7) is -1.10. The Hall–Kier alpha value is -0.880. The number of halogens is 4. The van der Waals surface area contributed by atoms with Crippen LogP contribution in [0.1, 0.15) is 0 Å². The van der Waals surface area contributed by atoms with Gasteiger partial charge in [-0.1, -0.05) is 0 Å². The van der Waals surface area contributed by atoms with Crippen LogP contribution in [0.4, 0.5) is 13.2 Å². The first-order valence-electron chi connectivity index (χ1n) is 4.64. The number of sulfonamides is 1. The molecule has 0 saturated carbocycles. The zero-order chi connectivity index (χ0) is 14.7. The molecule has 0 heterocycles. The summed E-state index contributed by atoms with van der Waals surface area (Å²) in [4.78, 5) is 11.2. The molecule has 0 fully saturated rings. The lowest BCUT2D eigenvalue weighted by Crippen LogP contribution is -2.40. The van der Waals surface area contributed by atoms with E-state index in [2.05, 4.69) is 4.74 Å². The molecule has 0 spiro atoms. The van der Waals surface area contributed by atoms with Gasteiger partial charge in [0.25, 0.3) is 0 Å². The number of carbonyl (C=O) groups is 1. The molecule has 1 N–H and O–H groups in total. The molecule has 0 unspecified atom stereocenters. The summed E-state index contributed by atoms with van der Waals surface area (Å²) >= 11 is 2.01. The van der Waals surface area contributed by atoms with Crippen LogP contribution in [0, 0.1) is 3.57 Å². The molecule has 0 aliphatic heterocycles. The maximum Gasteiger partial charge on any atom is 0.511 e. The fourth-order valence-corrected chi connectivity index (χ4v) is 1.74. The summed E-state index contributed by atoms with van der Waals surface area (Å²) in [6, 6.07) is 6.09. The van der Waals surface area contributed by atoms with Crippen molar-refractivity contribution in [3.63, 3.8) is 0 Å². The number of ether oxygens (including phenoxy) is 1. The minimum absolute atomic E-state index is 0.108. The van der Waals surface area contributed by atoms with Crippen LogP contribution in [0.3, 0.4) is 0 Å². The Balaban J connectivity index is 2.56. The van der Waals surface area contributed by atoms with Gasteiger partial charge in [-0.3, -0.25) is 4.79 Å². The Morgan fingerprint density at radius 2 is 1.79 bits per heavy atom. The summed E-state index contributed by atoms with van der Waals surface area (Å²) in [6.07, 6.45) is 0. The number of benzene rings is 1. The molecule has 0 aliphatic rings. The SMILES string of the molecule is O=C(CNS(=O)(=O)C(F)(F)F)Oc1ccc(I)cc1. The molecule has 1 aromatic rings.